The molecule has 1 unspecified atom stereocenters. The third-order valence-corrected chi connectivity index (χ3v) is 9.89. The summed E-state index contributed by atoms with van der Waals surface area (Å²) in [5, 5.41) is 8.73. The highest BCUT2D eigenvalue weighted by Crippen LogP contribution is 2.48. The third kappa shape index (κ3) is 5.49. The molecule has 5 heteroatoms. The number of nitrogens with zero attached hydrogens (tertiary/aromatic N) is 3. The van der Waals surface area contributed by atoms with Crippen molar-refractivity contribution >= 4 is 32.8 Å². The number of benzene rings is 7. The molecule has 5 nitrogen and oxygen atoms in total. The van der Waals surface area contributed by atoms with Crippen LogP contribution in [0.25, 0.3) is 55.2 Å². The van der Waals surface area contributed by atoms with Gasteiger partial charge in [0.05, 0.1) is 11.4 Å². The maximum Gasteiger partial charge on any atom is 0.185 e. The van der Waals surface area contributed by atoms with Crippen LogP contribution in [-0.4, -0.2) is 10.3 Å². The maximum atomic E-state index is 8.48. The number of para-hydroxylation sites is 2. The number of fused-ring (bicyclic) bond motifs is 7. The second-order valence-corrected chi connectivity index (χ2v) is 13.0. The summed E-state index contributed by atoms with van der Waals surface area (Å²) in [4.78, 5) is 5.29. The monoisotopic (exact) mass is 670 g/mol. The molecule has 8 aromatic rings. The second kappa shape index (κ2) is 13.1. The normalized spacial score (nSPS) is 13.1. The average molecular weight is 671 g/mol. The molecule has 9 rings (SSSR count). The standard InChI is InChI=1S/C47H34N4O/c1-31(36-22-11-15-32-13-5-7-19-37(32)36)29-43(39-23-12-16-33-14-6-8-20-38(33)39)49-47(50-48)34-25-26-45-42(30-34)40-27-28-51(35-17-3-2-4-18-35)46(40)41-21-9-10-24-44(41)52-45/h2-30,47-48H,1H3/b31-29+,49-43+,50-48?. The Morgan fingerprint density at radius 2 is 1.25 bits per heavy atom. The van der Waals surface area contributed by atoms with E-state index in [2.05, 4.69) is 156 Å². The van der Waals surface area contributed by atoms with E-state index < -0.39 is 6.17 Å². The lowest BCUT2D eigenvalue weighted by atomic mass is 9.95. The Bertz CT molecular complexity index is 2690. The van der Waals surface area contributed by atoms with Gasteiger partial charge in [0.1, 0.15) is 11.5 Å². The van der Waals surface area contributed by atoms with Crippen LogP contribution in [0.5, 0.6) is 11.5 Å². The van der Waals surface area contributed by atoms with Gasteiger partial charge in [-0.25, -0.2) is 5.53 Å². The van der Waals surface area contributed by atoms with Gasteiger partial charge in [0, 0.05) is 39.7 Å². The van der Waals surface area contributed by atoms with Gasteiger partial charge in [-0.05, 0) is 88.1 Å². The summed E-state index contributed by atoms with van der Waals surface area (Å²) in [7, 11) is 0. The molecule has 7 aromatic carbocycles. The lowest BCUT2D eigenvalue weighted by Gasteiger charge is -2.15. The van der Waals surface area contributed by atoms with Crippen LogP contribution in [0.4, 0.5) is 0 Å². The zero-order valence-corrected chi connectivity index (χ0v) is 28.6. The van der Waals surface area contributed by atoms with Crippen LogP contribution in [0, 0.1) is 5.53 Å². The topological polar surface area (TPSA) is 62.7 Å². The SMILES string of the molecule is C/C(=C\C(=N/C(N=N)c1ccc2c(c1)-c1ccn(-c3ccccc3)c1-c1ccccc1O2)c1cccc2ccccc12)c1cccc2ccccc12. The Morgan fingerprint density at radius 1 is 0.615 bits per heavy atom. The first-order chi connectivity index (χ1) is 25.7. The molecule has 1 atom stereocenters. The highest BCUT2D eigenvalue weighted by atomic mass is 16.5. The van der Waals surface area contributed by atoms with Crippen LogP contribution in [0.2, 0.25) is 0 Å². The van der Waals surface area contributed by atoms with E-state index in [1.807, 2.05) is 36.4 Å². The van der Waals surface area contributed by atoms with Gasteiger partial charge in [0.2, 0.25) is 0 Å². The minimum atomic E-state index is -0.791. The van der Waals surface area contributed by atoms with Crippen molar-refractivity contribution in [3.05, 3.63) is 193 Å². The summed E-state index contributed by atoms with van der Waals surface area (Å²) >= 11 is 0. The van der Waals surface area contributed by atoms with E-state index in [4.69, 9.17) is 15.3 Å². The Labute approximate surface area is 302 Å². The molecule has 1 aliphatic heterocycles. The molecule has 0 aliphatic carbocycles. The van der Waals surface area contributed by atoms with Crippen molar-refractivity contribution in [1.29, 1.82) is 5.53 Å². The number of aliphatic imine (C=N–C) groups is 1. The van der Waals surface area contributed by atoms with Crippen molar-refractivity contribution in [3.8, 4) is 39.6 Å². The fourth-order valence-corrected chi connectivity index (χ4v) is 7.40. The summed E-state index contributed by atoms with van der Waals surface area (Å²) < 4.78 is 8.81. The highest BCUT2D eigenvalue weighted by Gasteiger charge is 2.26. The zero-order chi connectivity index (χ0) is 35.0. The minimum Gasteiger partial charge on any atom is -0.456 e. The molecular weight excluding hydrogens is 637 g/mol. The molecule has 0 spiro atoms. The molecule has 1 N–H and O–H groups in total. The Hall–Kier alpha value is -6.85. The maximum absolute atomic E-state index is 8.48. The highest BCUT2D eigenvalue weighted by molar-refractivity contribution is 6.19. The van der Waals surface area contributed by atoms with E-state index in [9.17, 15) is 0 Å². The Kier molecular flexibility index (Phi) is 7.86. The molecule has 0 amide bonds. The number of hydrogen-bond acceptors (Lipinski definition) is 4. The van der Waals surface area contributed by atoms with Crippen molar-refractivity contribution < 1.29 is 4.74 Å². The second-order valence-electron chi connectivity index (χ2n) is 13.0. The Morgan fingerprint density at radius 3 is 2.02 bits per heavy atom. The van der Waals surface area contributed by atoms with Crippen LogP contribution >= 0.6 is 0 Å². The van der Waals surface area contributed by atoms with Gasteiger partial charge >= 0.3 is 0 Å². The fourth-order valence-electron chi connectivity index (χ4n) is 7.40. The van der Waals surface area contributed by atoms with Crippen LogP contribution in [-0.2, 0) is 0 Å². The molecule has 0 saturated carbocycles. The molecule has 0 saturated heterocycles. The first-order valence-corrected chi connectivity index (χ1v) is 17.4. The van der Waals surface area contributed by atoms with Crippen LogP contribution in [0.15, 0.2) is 186 Å². The first-order valence-electron chi connectivity index (χ1n) is 17.4. The van der Waals surface area contributed by atoms with E-state index >= 15 is 0 Å². The van der Waals surface area contributed by atoms with Gasteiger partial charge in [-0.3, -0.25) is 4.99 Å². The summed E-state index contributed by atoms with van der Waals surface area (Å²) in [6, 6.07) is 56.2. The van der Waals surface area contributed by atoms with E-state index in [-0.39, 0.29) is 0 Å². The molecule has 248 valence electrons. The lowest BCUT2D eigenvalue weighted by molar-refractivity contribution is 0.487. The van der Waals surface area contributed by atoms with E-state index in [0.717, 1.165) is 78.3 Å². The van der Waals surface area contributed by atoms with Crippen molar-refractivity contribution in [3.63, 3.8) is 0 Å². The molecule has 1 aromatic heterocycles. The van der Waals surface area contributed by atoms with Crippen molar-refractivity contribution in [1.82, 2.24) is 4.57 Å². The predicted octanol–water partition coefficient (Wildman–Crippen LogP) is 12.8. The lowest BCUT2D eigenvalue weighted by Crippen LogP contribution is -2.04. The van der Waals surface area contributed by atoms with Gasteiger partial charge < -0.3 is 9.30 Å². The Balaban J connectivity index is 1.21. The van der Waals surface area contributed by atoms with Crippen LogP contribution < -0.4 is 4.74 Å². The van der Waals surface area contributed by atoms with Gasteiger partial charge in [0.15, 0.2) is 6.17 Å². The molecule has 1 aliphatic rings. The average Bonchev–Trinajstić information content (AvgIpc) is 3.59. The molecule has 2 heterocycles. The molecule has 0 bridgehead atoms. The van der Waals surface area contributed by atoms with Crippen molar-refractivity contribution in [2.45, 2.75) is 13.1 Å². The number of hydrogen-bond donors (Lipinski definition) is 1. The van der Waals surface area contributed by atoms with E-state index in [1.165, 1.54) is 10.8 Å². The number of aromatic nitrogens is 1. The number of ether oxygens (including phenoxy) is 1. The third-order valence-electron chi connectivity index (χ3n) is 9.89. The number of allylic oxidation sites excluding steroid dienone is 2. The minimum absolute atomic E-state index is 0.745. The summed E-state index contributed by atoms with van der Waals surface area (Å²) in [5.74, 6) is 1.53. The smallest absolute Gasteiger partial charge is 0.185 e. The van der Waals surface area contributed by atoms with Gasteiger partial charge in [-0.2, -0.15) is 5.11 Å². The summed E-state index contributed by atoms with van der Waals surface area (Å²) in [5.41, 5.74) is 18.3. The van der Waals surface area contributed by atoms with Gasteiger partial charge in [-0.1, -0.05) is 121 Å². The first kappa shape index (κ1) is 31.2. The van der Waals surface area contributed by atoms with Gasteiger partial charge in [0.25, 0.3) is 0 Å². The largest absolute Gasteiger partial charge is 0.456 e. The van der Waals surface area contributed by atoms with Crippen LogP contribution in [0.1, 0.15) is 29.8 Å². The summed E-state index contributed by atoms with van der Waals surface area (Å²) in [6.45, 7) is 2.13. The quantitative estimate of drug-likeness (QED) is 0.133. The van der Waals surface area contributed by atoms with Crippen LogP contribution in [0.3, 0.4) is 0 Å². The zero-order valence-electron chi connectivity index (χ0n) is 28.6. The number of rotatable bonds is 7. The van der Waals surface area contributed by atoms with E-state index in [1.54, 1.807) is 0 Å². The van der Waals surface area contributed by atoms with E-state index in [0.29, 0.717) is 0 Å². The fraction of sp³-hybridized carbons (Fsp3) is 0.0426. The predicted molar refractivity (Wildman–Crippen MR) is 213 cm³/mol. The summed E-state index contributed by atoms with van der Waals surface area (Å²) in [6.07, 6.45) is 3.46. The molecule has 0 fully saturated rings. The van der Waals surface area contributed by atoms with Crippen molar-refractivity contribution in [2.24, 2.45) is 10.1 Å². The molecular formula is C47H34N4O. The van der Waals surface area contributed by atoms with Crippen molar-refractivity contribution in [2.75, 3.05) is 0 Å². The number of nitrogens with one attached hydrogen (secondary N) is 1. The molecule has 52 heavy (non-hydrogen) atoms. The van der Waals surface area contributed by atoms with Gasteiger partial charge in [-0.15, -0.1) is 0 Å². The molecule has 0 radical (unpaired) electrons.